The van der Waals surface area contributed by atoms with Gasteiger partial charge in [0.1, 0.15) is 6.54 Å². The van der Waals surface area contributed by atoms with Gasteiger partial charge < -0.3 is 5.32 Å². The van der Waals surface area contributed by atoms with Crippen molar-refractivity contribution in [3.8, 4) is 0 Å². The zero-order valence-electron chi connectivity index (χ0n) is 13.3. The van der Waals surface area contributed by atoms with Gasteiger partial charge in [-0.1, -0.05) is 60.7 Å². The Hall–Kier alpha value is -2.86. The number of nitrogens with zero attached hydrogens (tertiary/aromatic N) is 1. The first kappa shape index (κ1) is 17.0. The maximum Gasteiger partial charge on any atom is 0.294 e. The Balaban J connectivity index is 1.61. The predicted molar refractivity (Wildman–Crippen MR) is 97.4 cm³/mol. The number of rotatable bonds is 5. The quantitative estimate of drug-likeness (QED) is 0.840. The van der Waals surface area contributed by atoms with Crippen molar-refractivity contribution in [3.63, 3.8) is 0 Å². The average Bonchev–Trinajstić information content (AvgIpc) is 2.89. The molecule has 1 aliphatic heterocycles. The second-order valence-corrected chi connectivity index (χ2v) is 6.43. The molecule has 126 valence electrons. The zero-order chi connectivity index (χ0) is 17.6. The molecule has 0 aliphatic carbocycles. The summed E-state index contributed by atoms with van der Waals surface area (Å²) in [7, 11) is 0. The van der Waals surface area contributed by atoms with Crippen LogP contribution < -0.4 is 5.32 Å². The van der Waals surface area contributed by atoms with E-state index in [0.717, 1.165) is 27.8 Å². The van der Waals surface area contributed by atoms with Crippen molar-refractivity contribution in [3.05, 3.63) is 76.7 Å². The largest absolute Gasteiger partial charge is 0.350 e. The number of benzene rings is 2. The lowest BCUT2D eigenvalue weighted by atomic mass is 10.2. The van der Waals surface area contributed by atoms with Crippen molar-refractivity contribution in [1.29, 1.82) is 0 Å². The van der Waals surface area contributed by atoms with Gasteiger partial charge in [0.25, 0.3) is 11.1 Å². The topological polar surface area (TPSA) is 66.5 Å². The molecule has 3 amide bonds. The highest BCUT2D eigenvalue weighted by Gasteiger charge is 2.36. The molecule has 6 heteroatoms. The van der Waals surface area contributed by atoms with E-state index in [1.165, 1.54) is 0 Å². The lowest BCUT2D eigenvalue weighted by molar-refractivity contribution is -0.129. The Labute approximate surface area is 149 Å². The summed E-state index contributed by atoms with van der Waals surface area (Å²) < 4.78 is 0. The molecule has 0 unspecified atom stereocenters. The Morgan fingerprint density at radius 3 is 2.32 bits per heavy atom. The SMILES string of the molecule is O=C(CN1C(=O)S/C(=C\c2ccccc2)C1=O)NCc1ccccc1. The average molecular weight is 352 g/mol. The second-order valence-electron chi connectivity index (χ2n) is 5.44. The van der Waals surface area contributed by atoms with Crippen molar-refractivity contribution in [2.45, 2.75) is 6.54 Å². The number of thioether (sulfide) groups is 1. The van der Waals surface area contributed by atoms with Gasteiger partial charge in [0.2, 0.25) is 5.91 Å². The fraction of sp³-hybridized carbons (Fsp3) is 0.105. The predicted octanol–water partition coefficient (Wildman–Crippen LogP) is 3.04. The summed E-state index contributed by atoms with van der Waals surface area (Å²) in [5, 5.41) is 2.29. The number of imide groups is 1. The first-order valence-electron chi connectivity index (χ1n) is 7.74. The maximum atomic E-state index is 12.4. The van der Waals surface area contributed by atoms with E-state index in [9.17, 15) is 14.4 Å². The molecule has 25 heavy (non-hydrogen) atoms. The van der Waals surface area contributed by atoms with Crippen LogP contribution in [0, 0.1) is 0 Å². The Morgan fingerprint density at radius 1 is 1.00 bits per heavy atom. The van der Waals surface area contributed by atoms with E-state index in [2.05, 4.69) is 5.32 Å². The van der Waals surface area contributed by atoms with Crippen molar-refractivity contribution in [2.24, 2.45) is 0 Å². The third kappa shape index (κ3) is 4.36. The van der Waals surface area contributed by atoms with E-state index >= 15 is 0 Å². The zero-order valence-corrected chi connectivity index (χ0v) is 14.2. The van der Waals surface area contributed by atoms with Gasteiger partial charge in [0, 0.05) is 6.54 Å². The monoisotopic (exact) mass is 352 g/mol. The first-order chi connectivity index (χ1) is 12.1. The summed E-state index contributed by atoms with van der Waals surface area (Å²) in [5.74, 6) is -0.805. The second kappa shape index (κ2) is 7.81. The van der Waals surface area contributed by atoms with Crippen LogP contribution in [0.5, 0.6) is 0 Å². The number of carbonyl (C=O) groups excluding carboxylic acids is 3. The molecule has 1 heterocycles. The first-order valence-corrected chi connectivity index (χ1v) is 8.56. The van der Waals surface area contributed by atoms with Gasteiger partial charge in [0.15, 0.2) is 0 Å². The van der Waals surface area contributed by atoms with E-state index < -0.39 is 11.1 Å². The van der Waals surface area contributed by atoms with Gasteiger partial charge in [-0.05, 0) is 29.0 Å². The van der Waals surface area contributed by atoms with Crippen LogP contribution in [0.4, 0.5) is 4.79 Å². The van der Waals surface area contributed by atoms with Crippen LogP contribution >= 0.6 is 11.8 Å². The molecule has 2 aromatic carbocycles. The molecule has 1 aliphatic rings. The van der Waals surface area contributed by atoms with Gasteiger partial charge in [-0.3, -0.25) is 19.3 Å². The van der Waals surface area contributed by atoms with Crippen molar-refractivity contribution >= 4 is 34.9 Å². The van der Waals surface area contributed by atoms with E-state index in [4.69, 9.17) is 0 Å². The van der Waals surface area contributed by atoms with E-state index in [1.54, 1.807) is 6.08 Å². The number of nitrogens with one attached hydrogen (secondary N) is 1. The van der Waals surface area contributed by atoms with Crippen molar-refractivity contribution < 1.29 is 14.4 Å². The Bertz CT molecular complexity index is 819. The molecule has 1 fully saturated rings. The lowest BCUT2D eigenvalue weighted by Crippen LogP contribution is -2.39. The van der Waals surface area contributed by atoms with E-state index in [1.807, 2.05) is 60.7 Å². The molecule has 0 atom stereocenters. The summed E-state index contributed by atoms with van der Waals surface area (Å²) in [5.41, 5.74) is 1.79. The minimum Gasteiger partial charge on any atom is -0.350 e. The molecule has 5 nitrogen and oxygen atoms in total. The van der Waals surface area contributed by atoms with Crippen LogP contribution in [0.2, 0.25) is 0 Å². The molecule has 1 N–H and O–H groups in total. The Morgan fingerprint density at radius 2 is 1.64 bits per heavy atom. The highest BCUT2D eigenvalue weighted by atomic mass is 32.2. The highest BCUT2D eigenvalue weighted by molar-refractivity contribution is 8.18. The van der Waals surface area contributed by atoms with Crippen LogP contribution in [-0.2, 0) is 16.1 Å². The number of hydrogen-bond donors (Lipinski definition) is 1. The summed E-state index contributed by atoms with van der Waals surface area (Å²) in [6, 6.07) is 18.7. The molecular formula is C19H16N2O3S. The van der Waals surface area contributed by atoms with Gasteiger partial charge in [0.05, 0.1) is 4.91 Å². The fourth-order valence-corrected chi connectivity index (χ4v) is 3.17. The number of carbonyl (C=O) groups is 3. The van der Waals surface area contributed by atoms with Crippen LogP contribution in [0.1, 0.15) is 11.1 Å². The molecule has 0 aromatic heterocycles. The number of amides is 3. The van der Waals surface area contributed by atoms with Gasteiger partial charge >= 0.3 is 0 Å². The maximum absolute atomic E-state index is 12.4. The third-order valence-corrected chi connectivity index (χ3v) is 4.51. The summed E-state index contributed by atoms with van der Waals surface area (Å²) in [6.45, 7) is 0.0827. The lowest BCUT2D eigenvalue weighted by Gasteiger charge is -2.12. The van der Waals surface area contributed by atoms with Gasteiger partial charge in [-0.2, -0.15) is 0 Å². The highest BCUT2D eigenvalue weighted by Crippen LogP contribution is 2.31. The summed E-state index contributed by atoms with van der Waals surface area (Å²) >= 11 is 0.852. The van der Waals surface area contributed by atoms with Crippen LogP contribution in [0.25, 0.3) is 6.08 Å². The Kier molecular flexibility index (Phi) is 5.30. The molecule has 3 rings (SSSR count). The van der Waals surface area contributed by atoms with Crippen molar-refractivity contribution in [1.82, 2.24) is 10.2 Å². The molecule has 2 aromatic rings. The molecule has 0 bridgehead atoms. The summed E-state index contributed by atoms with van der Waals surface area (Å²) in [6.07, 6.45) is 1.66. The third-order valence-electron chi connectivity index (χ3n) is 3.61. The van der Waals surface area contributed by atoms with Gasteiger partial charge in [-0.25, -0.2) is 0 Å². The molecule has 0 saturated carbocycles. The van der Waals surface area contributed by atoms with Crippen molar-refractivity contribution in [2.75, 3.05) is 6.54 Å². The standard InChI is InChI=1S/C19H16N2O3S/c22-17(20-12-15-9-5-2-6-10-15)13-21-18(23)16(25-19(21)24)11-14-7-3-1-4-8-14/h1-11H,12-13H2,(H,20,22)/b16-11-. The van der Waals surface area contributed by atoms with E-state index in [-0.39, 0.29) is 12.5 Å². The van der Waals surface area contributed by atoms with Crippen LogP contribution in [0.3, 0.4) is 0 Å². The molecule has 0 spiro atoms. The minimum absolute atomic E-state index is 0.274. The minimum atomic E-state index is -0.436. The number of hydrogen-bond acceptors (Lipinski definition) is 4. The molecular weight excluding hydrogens is 336 g/mol. The van der Waals surface area contributed by atoms with E-state index in [0.29, 0.717) is 11.4 Å². The fourth-order valence-electron chi connectivity index (χ4n) is 2.33. The van der Waals surface area contributed by atoms with Gasteiger partial charge in [-0.15, -0.1) is 0 Å². The smallest absolute Gasteiger partial charge is 0.294 e. The normalized spacial score (nSPS) is 15.7. The molecule has 0 radical (unpaired) electrons. The van der Waals surface area contributed by atoms with Crippen LogP contribution in [0.15, 0.2) is 65.6 Å². The summed E-state index contributed by atoms with van der Waals surface area (Å²) in [4.78, 5) is 37.7. The molecule has 1 saturated heterocycles. The van der Waals surface area contributed by atoms with Crippen LogP contribution in [-0.4, -0.2) is 28.5 Å².